The predicted octanol–water partition coefficient (Wildman–Crippen LogP) is 1.21. The number of nitrogens with zero attached hydrogens (tertiary/aromatic N) is 4. The van der Waals surface area contributed by atoms with Gasteiger partial charge in [-0.05, 0) is 6.07 Å². The van der Waals surface area contributed by atoms with E-state index in [1.807, 2.05) is 6.07 Å². The van der Waals surface area contributed by atoms with Gasteiger partial charge in [-0.25, -0.2) is 4.39 Å². The molecule has 11 heteroatoms. The van der Waals surface area contributed by atoms with Gasteiger partial charge in [0.25, 0.3) is 5.56 Å². The van der Waals surface area contributed by atoms with E-state index in [1.165, 1.54) is 16.7 Å². The van der Waals surface area contributed by atoms with Gasteiger partial charge in [0.1, 0.15) is 19.0 Å². The molecule has 3 aromatic rings. The Morgan fingerprint density at radius 1 is 1.09 bits per heavy atom. The van der Waals surface area contributed by atoms with Crippen molar-refractivity contribution in [2.75, 3.05) is 39.4 Å². The standard InChI is InChI=1S/C23H26FN5O4.ClH/c24-16-7-19-18(27-10-16)1-2-23(31)29(19)4-3-28-13-15(20(30)14-28)9-25-11-17-8-21-22(12-26-17)33-6-5-32-21;/h1-2,7-8,10,12,15,20,25,30H,3-6,9,11,13-14H2;1H/t15-,20+;/m0./s1. The molecule has 0 unspecified atom stereocenters. The molecule has 0 saturated carbocycles. The first kappa shape index (κ1) is 24.3. The second-order valence-corrected chi connectivity index (χ2v) is 8.42. The maximum atomic E-state index is 13.7. The topological polar surface area (TPSA) is 102 Å². The second kappa shape index (κ2) is 10.6. The van der Waals surface area contributed by atoms with Crippen molar-refractivity contribution in [3.8, 4) is 11.5 Å². The monoisotopic (exact) mass is 491 g/mol. The van der Waals surface area contributed by atoms with Crippen molar-refractivity contribution in [2.24, 2.45) is 5.92 Å². The van der Waals surface area contributed by atoms with Gasteiger partial charge in [-0.15, -0.1) is 12.4 Å². The molecule has 3 aromatic heterocycles. The van der Waals surface area contributed by atoms with E-state index in [2.05, 4.69) is 20.2 Å². The number of aliphatic hydroxyl groups is 1. The fraction of sp³-hybridized carbons (Fsp3) is 0.435. The van der Waals surface area contributed by atoms with Crippen LogP contribution in [0.3, 0.4) is 0 Å². The number of rotatable bonds is 7. The lowest BCUT2D eigenvalue weighted by Crippen LogP contribution is -2.31. The van der Waals surface area contributed by atoms with Crippen LogP contribution in [0.5, 0.6) is 11.5 Å². The number of hydrogen-bond acceptors (Lipinski definition) is 8. The van der Waals surface area contributed by atoms with Crippen molar-refractivity contribution in [3.05, 3.63) is 58.5 Å². The van der Waals surface area contributed by atoms with Gasteiger partial charge in [-0.3, -0.25) is 19.7 Å². The van der Waals surface area contributed by atoms with Crippen LogP contribution in [0.25, 0.3) is 11.0 Å². The number of β-amino-alcohol motifs (C(OH)–C–C–N with tert-alkyl or cyclic N) is 1. The Morgan fingerprint density at radius 3 is 2.76 bits per heavy atom. The van der Waals surface area contributed by atoms with Crippen LogP contribution in [0.2, 0.25) is 0 Å². The summed E-state index contributed by atoms with van der Waals surface area (Å²) in [5.74, 6) is 0.956. The Bertz CT molecular complexity index is 1210. The number of halogens is 2. The number of aliphatic hydroxyl groups excluding tert-OH is 1. The second-order valence-electron chi connectivity index (χ2n) is 8.42. The highest BCUT2D eigenvalue weighted by atomic mass is 35.5. The van der Waals surface area contributed by atoms with Gasteiger partial charge in [0.05, 0.1) is 35.2 Å². The largest absolute Gasteiger partial charge is 0.486 e. The molecule has 0 spiro atoms. The fourth-order valence-electron chi connectivity index (χ4n) is 4.41. The minimum absolute atomic E-state index is 0. The van der Waals surface area contributed by atoms with E-state index in [4.69, 9.17) is 9.47 Å². The van der Waals surface area contributed by atoms with Crippen LogP contribution in [0, 0.1) is 11.7 Å². The summed E-state index contributed by atoms with van der Waals surface area (Å²) in [6.45, 7) is 4.47. The molecule has 2 aliphatic rings. The number of pyridine rings is 3. The molecule has 182 valence electrons. The fourth-order valence-corrected chi connectivity index (χ4v) is 4.41. The highest BCUT2D eigenvalue weighted by Crippen LogP contribution is 2.29. The molecule has 5 heterocycles. The van der Waals surface area contributed by atoms with Crippen molar-refractivity contribution in [1.29, 1.82) is 0 Å². The van der Waals surface area contributed by atoms with E-state index in [0.717, 1.165) is 11.9 Å². The smallest absolute Gasteiger partial charge is 0.251 e. The van der Waals surface area contributed by atoms with Crippen LogP contribution in [-0.2, 0) is 13.1 Å². The van der Waals surface area contributed by atoms with E-state index in [1.54, 1.807) is 12.3 Å². The summed E-state index contributed by atoms with van der Waals surface area (Å²) in [5.41, 5.74) is 1.71. The van der Waals surface area contributed by atoms with Crippen molar-refractivity contribution in [2.45, 2.75) is 19.2 Å². The zero-order valence-electron chi connectivity index (χ0n) is 18.5. The highest BCUT2D eigenvalue weighted by Gasteiger charge is 2.30. The van der Waals surface area contributed by atoms with Crippen LogP contribution in [0.15, 0.2) is 41.5 Å². The van der Waals surface area contributed by atoms with Gasteiger partial charge < -0.3 is 24.5 Å². The first-order valence-electron chi connectivity index (χ1n) is 11.1. The van der Waals surface area contributed by atoms with Crippen LogP contribution in [0.1, 0.15) is 5.69 Å². The Balaban J connectivity index is 0.00000274. The number of nitrogens with one attached hydrogen (secondary N) is 1. The van der Waals surface area contributed by atoms with Crippen molar-refractivity contribution in [1.82, 2.24) is 24.8 Å². The molecule has 2 aliphatic heterocycles. The summed E-state index contributed by atoms with van der Waals surface area (Å²) < 4.78 is 26.3. The number of hydrogen-bond donors (Lipinski definition) is 2. The zero-order valence-corrected chi connectivity index (χ0v) is 19.3. The lowest BCUT2D eigenvalue weighted by atomic mass is 10.1. The van der Waals surface area contributed by atoms with Gasteiger partial charge in [-0.2, -0.15) is 0 Å². The quantitative estimate of drug-likeness (QED) is 0.508. The minimum atomic E-state index is -0.475. The Kier molecular flexibility index (Phi) is 7.62. The molecule has 5 rings (SSSR count). The van der Waals surface area contributed by atoms with Gasteiger partial charge in [0.2, 0.25) is 0 Å². The van der Waals surface area contributed by atoms with Gasteiger partial charge in [0, 0.05) is 63.4 Å². The van der Waals surface area contributed by atoms with Crippen LogP contribution in [-0.4, -0.2) is 70.0 Å². The van der Waals surface area contributed by atoms with Crippen molar-refractivity contribution < 1.29 is 19.0 Å². The average Bonchev–Trinajstić information content (AvgIpc) is 3.17. The highest BCUT2D eigenvalue weighted by molar-refractivity contribution is 5.85. The van der Waals surface area contributed by atoms with Gasteiger partial charge in [0.15, 0.2) is 11.5 Å². The Morgan fingerprint density at radius 2 is 1.91 bits per heavy atom. The predicted molar refractivity (Wildman–Crippen MR) is 126 cm³/mol. The first-order chi connectivity index (χ1) is 16.1. The van der Waals surface area contributed by atoms with Crippen LogP contribution in [0.4, 0.5) is 4.39 Å². The molecule has 0 bridgehead atoms. The molecule has 1 fully saturated rings. The third-order valence-corrected chi connectivity index (χ3v) is 6.13. The molecule has 2 atom stereocenters. The lowest BCUT2D eigenvalue weighted by Gasteiger charge is -2.19. The van der Waals surface area contributed by atoms with E-state index in [9.17, 15) is 14.3 Å². The molecule has 1 saturated heterocycles. The maximum Gasteiger partial charge on any atom is 0.251 e. The molecule has 0 radical (unpaired) electrons. The van der Waals surface area contributed by atoms with E-state index >= 15 is 0 Å². The lowest BCUT2D eigenvalue weighted by molar-refractivity contribution is 0.140. The minimum Gasteiger partial charge on any atom is -0.486 e. The first-order valence-corrected chi connectivity index (χ1v) is 11.1. The molecule has 2 N–H and O–H groups in total. The van der Waals surface area contributed by atoms with Crippen molar-refractivity contribution in [3.63, 3.8) is 0 Å². The number of aromatic nitrogens is 3. The third kappa shape index (κ3) is 5.30. The van der Waals surface area contributed by atoms with Gasteiger partial charge >= 0.3 is 0 Å². The van der Waals surface area contributed by atoms with E-state index in [-0.39, 0.29) is 23.9 Å². The van der Waals surface area contributed by atoms with Crippen LogP contribution >= 0.6 is 12.4 Å². The summed E-state index contributed by atoms with van der Waals surface area (Å²) in [5, 5.41) is 13.9. The Hall–Kier alpha value is -2.79. The normalized spacial score (nSPS) is 19.8. The van der Waals surface area contributed by atoms with Crippen molar-refractivity contribution >= 4 is 23.4 Å². The molecule has 0 aromatic carbocycles. The summed E-state index contributed by atoms with van der Waals surface area (Å²) in [4.78, 5) is 22.9. The maximum absolute atomic E-state index is 13.7. The third-order valence-electron chi connectivity index (χ3n) is 6.13. The SMILES string of the molecule is Cl.O=c1ccc2ncc(F)cc2n1CCN1C[C@H](CNCc2cc3c(cn2)OCCO3)[C@H](O)C1. The number of fused-ring (bicyclic) bond motifs is 2. The summed E-state index contributed by atoms with van der Waals surface area (Å²) in [6.07, 6.45) is 2.36. The molecule has 0 amide bonds. The van der Waals surface area contributed by atoms with Crippen LogP contribution < -0.4 is 20.3 Å². The zero-order chi connectivity index (χ0) is 22.8. The summed E-state index contributed by atoms with van der Waals surface area (Å²) in [7, 11) is 0. The molecule has 34 heavy (non-hydrogen) atoms. The summed E-state index contributed by atoms with van der Waals surface area (Å²) in [6, 6.07) is 6.26. The van der Waals surface area contributed by atoms with E-state index < -0.39 is 11.9 Å². The van der Waals surface area contributed by atoms with Gasteiger partial charge in [-0.1, -0.05) is 0 Å². The molecule has 0 aliphatic carbocycles. The summed E-state index contributed by atoms with van der Waals surface area (Å²) >= 11 is 0. The molecular formula is C23H27ClFN5O4. The molecular weight excluding hydrogens is 465 g/mol. The van der Waals surface area contributed by atoms with E-state index in [0.29, 0.717) is 75.0 Å². The average molecular weight is 492 g/mol. The number of likely N-dealkylation sites (tertiary alicyclic amines) is 1. The number of ether oxygens (including phenoxy) is 2. The molecule has 9 nitrogen and oxygen atoms in total. The Labute approximate surface area is 201 Å².